The largest absolute Gasteiger partial charge is 0.392 e. The minimum atomic E-state index is 0.144. The Kier molecular flexibility index (Phi) is 4.10. The summed E-state index contributed by atoms with van der Waals surface area (Å²) in [5, 5.41) is 9.23. The highest BCUT2D eigenvalue weighted by Gasteiger charge is 2.03. The van der Waals surface area contributed by atoms with E-state index in [0.717, 1.165) is 5.57 Å². The maximum absolute atomic E-state index is 9.23. The molecule has 0 amide bonds. The molecule has 1 nitrogen and oxygen atoms in total. The first-order chi connectivity index (χ1) is 7.04. The van der Waals surface area contributed by atoms with Gasteiger partial charge in [-0.25, -0.2) is 0 Å². The molecule has 0 heterocycles. The molecule has 0 aliphatic carbocycles. The molecule has 0 aliphatic heterocycles. The Hall–Kier alpha value is -1.08. The molecular formula is C14H20O. The maximum Gasteiger partial charge on any atom is 0.0647 e. The number of benzene rings is 1. The number of aryl methyl sites for hydroxylation is 2. The number of hydrogen-bond acceptors (Lipinski definition) is 1. The fourth-order valence-electron chi connectivity index (χ4n) is 1.58. The van der Waals surface area contributed by atoms with E-state index in [1.165, 1.54) is 16.7 Å². The van der Waals surface area contributed by atoms with Crippen molar-refractivity contribution in [1.82, 2.24) is 0 Å². The van der Waals surface area contributed by atoms with E-state index in [1.54, 1.807) is 0 Å². The molecule has 1 N–H and O–H groups in total. The zero-order chi connectivity index (χ0) is 11.4. The van der Waals surface area contributed by atoms with Crippen molar-refractivity contribution >= 4 is 6.08 Å². The Morgan fingerprint density at radius 1 is 1.33 bits per heavy atom. The summed E-state index contributed by atoms with van der Waals surface area (Å²) in [4.78, 5) is 0. The van der Waals surface area contributed by atoms with E-state index in [0.29, 0.717) is 5.92 Å². The lowest BCUT2D eigenvalue weighted by molar-refractivity contribution is 0.320. The molecule has 0 saturated heterocycles. The van der Waals surface area contributed by atoms with Crippen LogP contribution in [0.5, 0.6) is 0 Å². The smallest absolute Gasteiger partial charge is 0.0647 e. The van der Waals surface area contributed by atoms with Gasteiger partial charge in [-0.15, -0.1) is 0 Å². The van der Waals surface area contributed by atoms with Crippen molar-refractivity contribution in [2.45, 2.75) is 27.7 Å². The summed E-state index contributed by atoms with van der Waals surface area (Å²) in [5.74, 6) is 0.399. The van der Waals surface area contributed by atoms with E-state index in [2.05, 4.69) is 52.0 Å². The number of rotatable bonds is 3. The van der Waals surface area contributed by atoms with Crippen molar-refractivity contribution in [3.63, 3.8) is 0 Å². The third kappa shape index (κ3) is 3.21. The average Bonchev–Trinajstić information content (AvgIpc) is 2.16. The highest BCUT2D eigenvalue weighted by molar-refractivity contribution is 5.57. The van der Waals surface area contributed by atoms with Crippen molar-refractivity contribution in [2.75, 3.05) is 6.61 Å². The van der Waals surface area contributed by atoms with Crippen LogP contribution in [-0.2, 0) is 0 Å². The van der Waals surface area contributed by atoms with Gasteiger partial charge >= 0.3 is 0 Å². The van der Waals surface area contributed by atoms with Gasteiger partial charge in [0.15, 0.2) is 0 Å². The maximum atomic E-state index is 9.23. The second-order valence-corrected chi connectivity index (χ2v) is 4.39. The molecule has 0 radical (unpaired) electrons. The minimum absolute atomic E-state index is 0.144. The van der Waals surface area contributed by atoms with Gasteiger partial charge < -0.3 is 5.11 Å². The lowest BCUT2D eigenvalue weighted by Crippen LogP contribution is -1.99. The standard InChI is InChI=1S/C14H20O/c1-10(2)14(9-15)8-13-6-5-11(3)7-12(13)4/h5-8,10,15H,9H2,1-4H3. The van der Waals surface area contributed by atoms with Crippen LogP contribution in [0.15, 0.2) is 23.8 Å². The zero-order valence-electron chi connectivity index (χ0n) is 10.0. The van der Waals surface area contributed by atoms with Gasteiger partial charge in [0.05, 0.1) is 6.61 Å². The summed E-state index contributed by atoms with van der Waals surface area (Å²) >= 11 is 0. The quantitative estimate of drug-likeness (QED) is 0.800. The molecule has 0 aromatic heterocycles. The topological polar surface area (TPSA) is 20.2 Å². The van der Waals surface area contributed by atoms with E-state index in [4.69, 9.17) is 0 Å². The van der Waals surface area contributed by atoms with Crippen molar-refractivity contribution in [3.8, 4) is 0 Å². The zero-order valence-corrected chi connectivity index (χ0v) is 10.0. The number of hydrogen-bond donors (Lipinski definition) is 1. The highest BCUT2D eigenvalue weighted by atomic mass is 16.3. The Morgan fingerprint density at radius 2 is 2.00 bits per heavy atom. The van der Waals surface area contributed by atoms with E-state index in [9.17, 15) is 5.11 Å². The molecular weight excluding hydrogens is 184 g/mol. The van der Waals surface area contributed by atoms with E-state index in [1.807, 2.05) is 0 Å². The Morgan fingerprint density at radius 3 is 2.47 bits per heavy atom. The lowest BCUT2D eigenvalue weighted by atomic mass is 9.98. The Balaban J connectivity index is 3.06. The van der Waals surface area contributed by atoms with Crippen molar-refractivity contribution in [3.05, 3.63) is 40.5 Å². The van der Waals surface area contributed by atoms with Crippen LogP contribution in [0.2, 0.25) is 0 Å². The van der Waals surface area contributed by atoms with Crippen LogP contribution in [0.4, 0.5) is 0 Å². The van der Waals surface area contributed by atoms with Crippen LogP contribution >= 0.6 is 0 Å². The number of aliphatic hydroxyl groups excluding tert-OH is 1. The first-order valence-corrected chi connectivity index (χ1v) is 5.43. The molecule has 0 bridgehead atoms. The van der Waals surface area contributed by atoms with Crippen LogP contribution in [0.1, 0.15) is 30.5 Å². The van der Waals surface area contributed by atoms with Crippen LogP contribution in [-0.4, -0.2) is 11.7 Å². The Labute approximate surface area is 92.5 Å². The fraction of sp³-hybridized carbons (Fsp3) is 0.429. The second-order valence-electron chi connectivity index (χ2n) is 4.39. The van der Waals surface area contributed by atoms with E-state index in [-0.39, 0.29) is 6.61 Å². The average molecular weight is 204 g/mol. The molecule has 0 atom stereocenters. The van der Waals surface area contributed by atoms with Gasteiger partial charge in [-0.2, -0.15) is 0 Å². The predicted molar refractivity (Wildman–Crippen MR) is 65.8 cm³/mol. The molecule has 0 spiro atoms. The molecule has 1 aromatic carbocycles. The second kappa shape index (κ2) is 5.13. The van der Waals surface area contributed by atoms with Gasteiger partial charge in [-0.05, 0) is 36.5 Å². The molecule has 0 unspecified atom stereocenters. The third-order valence-corrected chi connectivity index (χ3v) is 2.69. The van der Waals surface area contributed by atoms with Gasteiger partial charge in [0.2, 0.25) is 0 Å². The summed E-state index contributed by atoms with van der Waals surface area (Å²) in [6.45, 7) is 8.55. The molecule has 1 aromatic rings. The van der Waals surface area contributed by atoms with E-state index >= 15 is 0 Å². The molecule has 15 heavy (non-hydrogen) atoms. The van der Waals surface area contributed by atoms with E-state index < -0.39 is 0 Å². The first-order valence-electron chi connectivity index (χ1n) is 5.43. The normalized spacial score (nSPS) is 12.3. The fourth-order valence-corrected chi connectivity index (χ4v) is 1.58. The van der Waals surface area contributed by atoms with Crippen LogP contribution in [0.25, 0.3) is 6.08 Å². The van der Waals surface area contributed by atoms with Crippen LogP contribution < -0.4 is 0 Å². The molecule has 0 saturated carbocycles. The molecule has 82 valence electrons. The van der Waals surface area contributed by atoms with Gasteiger partial charge in [-0.1, -0.05) is 43.7 Å². The minimum Gasteiger partial charge on any atom is -0.392 e. The molecule has 0 fully saturated rings. The Bertz CT molecular complexity index is 362. The van der Waals surface area contributed by atoms with Gasteiger partial charge in [0, 0.05) is 0 Å². The predicted octanol–water partition coefficient (Wildman–Crippen LogP) is 3.34. The number of aliphatic hydroxyl groups is 1. The van der Waals surface area contributed by atoms with Gasteiger partial charge in [-0.3, -0.25) is 0 Å². The molecule has 0 aliphatic rings. The van der Waals surface area contributed by atoms with Crippen molar-refractivity contribution < 1.29 is 5.11 Å². The first kappa shape index (κ1) is 12.0. The molecule has 1 heteroatoms. The summed E-state index contributed by atoms with van der Waals surface area (Å²) in [6, 6.07) is 6.39. The monoisotopic (exact) mass is 204 g/mol. The van der Waals surface area contributed by atoms with Gasteiger partial charge in [0.25, 0.3) is 0 Å². The third-order valence-electron chi connectivity index (χ3n) is 2.69. The summed E-state index contributed by atoms with van der Waals surface area (Å²) in [5.41, 5.74) is 4.83. The van der Waals surface area contributed by atoms with Crippen LogP contribution in [0, 0.1) is 19.8 Å². The van der Waals surface area contributed by atoms with Crippen molar-refractivity contribution in [1.29, 1.82) is 0 Å². The summed E-state index contributed by atoms with van der Waals surface area (Å²) in [7, 11) is 0. The van der Waals surface area contributed by atoms with Crippen molar-refractivity contribution in [2.24, 2.45) is 5.92 Å². The molecule has 1 rings (SSSR count). The SMILES string of the molecule is Cc1ccc(C=C(CO)C(C)C)c(C)c1. The summed E-state index contributed by atoms with van der Waals surface area (Å²) in [6.07, 6.45) is 2.10. The summed E-state index contributed by atoms with van der Waals surface area (Å²) < 4.78 is 0. The lowest BCUT2D eigenvalue weighted by Gasteiger charge is -2.09. The van der Waals surface area contributed by atoms with Crippen LogP contribution in [0.3, 0.4) is 0 Å². The highest BCUT2D eigenvalue weighted by Crippen LogP contribution is 2.18. The van der Waals surface area contributed by atoms with Gasteiger partial charge in [0.1, 0.15) is 0 Å².